The number of rotatable bonds is 4. The van der Waals surface area contributed by atoms with Crippen molar-refractivity contribution in [1.82, 2.24) is 9.97 Å². The van der Waals surface area contributed by atoms with Gasteiger partial charge in [-0.25, -0.2) is 4.98 Å². The zero-order valence-electron chi connectivity index (χ0n) is 15.5. The fourth-order valence-corrected chi connectivity index (χ4v) is 3.85. The van der Waals surface area contributed by atoms with Gasteiger partial charge in [-0.15, -0.1) is 0 Å². The number of benzene rings is 3. The SMILES string of the molecule is CC(=O)Nc1ccc(-c2nc(-c3ccc(Br)cc3)c(-c3ccccc3Br)[nH]2)cc1. The number of anilines is 1. The molecule has 0 atom stereocenters. The van der Waals surface area contributed by atoms with Crippen molar-refractivity contribution in [2.24, 2.45) is 0 Å². The van der Waals surface area contributed by atoms with Crippen LogP contribution in [0.15, 0.2) is 81.7 Å². The summed E-state index contributed by atoms with van der Waals surface area (Å²) in [5.41, 5.74) is 5.59. The number of hydrogen-bond donors (Lipinski definition) is 2. The third-order valence-electron chi connectivity index (χ3n) is 4.44. The summed E-state index contributed by atoms with van der Waals surface area (Å²) < 4.78 is 2.02. The predicted octanol–water partition coefficient (Wildman–Crippen LogP) is 6.89. The van der Waals surface area contributed by atoms with Gasteiger partial charge in [-0.05, 0) is 42.5 Å². The molecule has 1 aromatic heterocycles. The molecule has 6 heteroatoms. The topological polar surface area (TPSA) is 57.8 Å². The second-order valence-corrected chi connectivity index (χ2v) is 8.32. The van der Waals surface area contributed by atoms with Gasteiger partial charge in [0.05, 0.1) is 11.4 Å². The zero-order chi connectivity index (χ0) is 20.4. The zero-order valence-corrected chi connectivity index (χ0v) is 18.7. The molecule has 0 aliphatic carbocycles. The lowest BCUT2D eigenvalue weighted by atomic mass is 10.1. The molecular weight excluding hydrogens is 494 g/mol. The molecule has 0 aliphatic heterocycles. The Kier molecular flexibility index (Phi) is 5.65. The number of nitrogens with zero attached hydrogens (tertiary/aromatic N) is 1. The molecule has 0 radical (unpaired) electrons. The molecule has 0 saturated heterocycles. The van der Waals surface area contributed by atoms with Gasteiger partial charge in [-0.3, -0.25) is 4.79 Å². The summed E-state index contributed by atoms with van der Waals surface area (Å²) in [7, 11) is 0. The first kappa shape index (κ1) is 19.6. The Bertz CT molecular complexity index is 1170. The van der Waals surface area contributed by atoms with Crippen molar-refractivity contribution in [3.8, 4) is 33.9 Å². The third-order valence-corrected chi connectivity index (χ3v) is 5.66. The standard InChI is InChI=1S/C23H17Br2N3O/c1-14(29)26-18-12-8-16(9-13-18)23-27-21(15-6-10-17(24)11-7-15)22(28-23)19-4-2-3-5-20(19)25/h2-13H,1H3,(H,26,29)(H,27,28). The van der Waals surface area contributed by atoms with Crippen molar-refractivity contribution in [2.75, 3.05) is 5.32 Å². The quantitative estimate of drug-likeness (QED) is 0.314. The van der Waals surface area contributed by atoms with E-state index in [4.69, 9.17) is 4.98 Å². The summed E-state index contributed by atoms with van der Waals surface area (Å²) in [6.45, 7) is 1.49. The normalized spacial score (nSPS) is 10.7. The summed E-state index contributed by atoms with van der Waals surface area (Å²) in [5.74, 6) is 0.674. The first-order chi connectivity index (χ1) is 14.0. The highest BCUT2D eigenvalue weighted by atomic mass is 79.9. The maximum absolute atomic E-state index is 11.2. The van der Waals surface area contributed by atoms with E-state index in [0.29, 0.717) is 0 Å². The van der Waals surface area contributed by atoms with Crippen LogP contribution in [-0.2, 0) is 4.79 Å². The summed E-state index contributed by atoms with van der Waals surface area (Å²) in [6.07, 6.45) is 0. The number of hydrogen-bond acceptors (Lipinski definition) is 2. The van der Waals surface area contributed by atoms with Crippen LogP contribution in [-0.4, -0.2) is 15.9 Å². The van der Waals surface area contributed by atoms with Crippen molar-refractivity contribution in [3.63, 3.8) is 0 Å². The summed E-state index contributed by atoms with van der Waals surface area (Å²) >= 11 is 7.15. The van der Waals surface area contributed by atoms with Crippen LogP contribution < -0.4 is 5.32 Å². The Hall–Kier alpha value is -2.70. The number of aromatic nitrogens is 2. The molecule has 4 aromatic rings. The lowest BCUT2D eigenvalue weighted by molar-refractivity contribution is -0.114. The highest BCUT2D eigenvalue weighted by molar-refractivity contribution is 9.10. The molecule has 4 rings (SSSR count). The maximum atomic E-state index is 11.2. The fraction of sp³-hybridized carbons (Fsp3) is 0.0435. The minimum atomic E-state index is -0.0931. The molecule has 0 saturated carbocycles. The molecule has 3 aromatic carbocycles. The number of carbonyl (C=O) groups is 1. The van der Waals surface area contributed by atoms with Crippen LogP contribution in [0.4, 0.5) is 5.69 Å². The van der Waals surface area contributed by atoms with Gasteiger partial charge >= 0.3 is 0 Å². The fourth-order valence-electron chi connectivity index (χ4n) is 3.10. The van der Waals surface area contributed by atoms with Crippen molar-refractivity contribution in [3.05, 3.63) is 81.7 Å². The van der Waals surface area contributed by atoms with E-state index < -0.39 is 0 Å². The number of halogens is 2. The van der Waals surface area contributed by atoms with Crippen molar-refractivity contribution in [1.29, 1.82) is 0 Å². The van der Waals surface area contributed by atoms with Crippen molar-refractivity contribution >= 4 is 43.5 Å². The minimum Gasteiger partial charge on any atom is -0.337 e. The van der Waals surface area contributed by atoms with Gasteiger partial charge in [0.2, 0.25) is 5.91 Å². The van der Waals surface area contributed by atoms with Crippen LogP contribution in [0.3, 0.4) is 0 Å². The second-order valence-electron chi connectivity index (χ2n) is 6.55. The van der Waals surface area contributed by atoms with E-state index in [9.17, 15) is 4.79 Å². The van der Waals surface area contributed by atoms with Crippen molar-refractivity contribution in [2.45, 2.75) is 6.92 Å². The van der Waals surface area contributed by atoms with Crippen LogP contribution in [0, 0.1) is 0 Å². The van der Waals surface area contributed by atoms with Crippen LogP contribution in [0.25, 0.3) is 33.9 Å². The van der Waals surface area contributed by atoms with E-state index >= 15 is 0 Å². The number of amides is 1. The van der Waals surface area contributed by atoms with Crippen LogP contribution in [0.1, 0.15) is 6.92 Å². The highest BCUT2D eigenvalue weighted by Crippen LogP contribution is 2.36. The molecule has 1 amide bonds. The number of aromatic amines is 1. The van der Waals surface area contributed by atoms with Gasteiger partial charge in [0.15, 0.2) is 0 Å². The van der Waals surface area contributed by atoms with Gasteiger partial charge in [-0.1, -0.05) is 62.2 Å². The van der Waals surface area contributed by atoms with Gasteiger partial charge in [-0.2, -0.15) is 0 Å². The molecule has 0 unspecified atom stereocenters. The molecule has 2 N–H and O–H groups in total. The number of imidazole rings is 1. The maximum Gasteiger partial charge on any atom is 0.221 e. The lowest BCUT2D eigenvalue weighted by Gasteiger charge is -2.05. The molecule has 0 aliphatic rings. The molecule has 29 heavy (non-hydrogen) atoms. The van der Waals surface area contributed by atoms with E-state index in [1.54, 1.807) is 0 Å². The lowest BCUT2D eigenvalue weighted by Crippen LogP contribution is -2.05. The van der Waals surface area contributed by atoms with E-state index in [0.717, 1.165) is 48.5 Å². The van der Waals surface area contributed by atoms with E-state index in [1.165, 1.54) is 6.92 Å². The molecule has 4 nitrogen and oxygen atoms in total. The number of nitrogens with one attached hydrogen (secondary N) is 2. The van der Waals surface area contributed by atoms with E-state index in [1.807, 2.05) is 66.7 Å². The van der Waals surface area contributed by atoms with Gasteiger partial charge in [0.1, 0.15) is 5.82 Å². The van der Waals surface area contributed by atoms with Gasteiger partial charge in [0.25, 0.3) is 0 Å². The van der Waals surface area contributed by atoms with Crippen LogP contribution in [0.5, 0.6) is 0 Å². The molecule has 0 bridgehead atoms. The van der Waals surface area contributed by atoms with Gasteiger partial charge in [0, 0.05) is 38.2 Å². The average Bonchev–Trinajstić information content (AvgIpc) is 3.14. The molecular formula is C23H17Br2N3O. The third kappa shape index (κ3) is 4.33. The van der Waals surface area contributed by atoms with Crippen LogP contribution in [0.2, 0.25) is 0 Å². The monoisotopic (exact) mass is 509 g/mol. The molecule has 1 heterocycles. The predicted molar refractivity (Wildman–Crippen MR) is 125 cm³/mol. The molecule has 0 fully saturated rings. The average molecular weight is 511 g/mol. The summed E-state index contributed by atoms with van der Waals surface area (Å²) in [6, 6.07) is 23.8. The van der Waals surface area contributed by atoms with E-state index in [2.05, 4.69) is 48.2 Å². The Balaban J connectivity index is 1.82. The first-order valence-corrected chi connectivity index (χ1v) is 10.6. The van der Waals surface area contributed by atoms with Crippen LogP contribution >= 0.6 is 31.9 Å². The Labute approximate surface area is 185 Å². The number of H-pyrrole nitrogens is 1. The number of carbonyl (C=O) groups excluding carboxylic acids is 1. The van der Waals surface area contributed by atoms with Crippen molar-refractivity contribution < 1.29 is 4.79 Å². The smallest absolute Gasteiger partial charge is 0.221 e. The summed E-state index contributed by atoms with van der Waals surface area (Å²) in [5, 5.41) is 2.78. The molecule has 144 valence electrons. The first-order valence-electron chi connectivity index (χ1n) is 9.00. The second kappa shape index (κ2) is 8.35. The Morgan fingerprint density at radius 3 is 2.21 bits per heavy atom. The van der Waals surface area contributed by atoms with E-state index in [-0.39, 0.29) is 5.91 Å². The summed E-state index contributed by atoms with van der Waals surface area (Å²) in [4.78, 5) is 19.6. The molecule has 0 spiro atoms. The van der Waals surface area contributed by atoms with Gasteiger partial charge < -0.3 is 10.3 Å². The Morgan fingerprint density at radius 2 is 1.55 bits per heavy atom. The Morgan fingerprint density at radius 1 is 0.897 bits per heavy atom. The highest BCUT2D eigenvalue weighted by Gasteiger charge is 2.17. The largest absolute Gasteiger partial charge is 0.337 e. The minimum absolute atomic E-state index is 0.0931.